The number of benzene rings is 1. The molecule has 156 valence electrons. The van der Waals surface area contributed by atoms with E-state index in [9.17, 15) is 14.4 Å². The highest BCUT2D eigenvalue weighted by Gasteiger charge is 2.32. The normalized spacial score (nSPS) is 15.3. The van der Waals surface area contributed by atoms with Crippen molar-refractivity contribution in [1.82, 2.24) is 20.6 Å². The summed E-state index contributed by atoms with van der Waals surface area (Å²) in [4.78, 5) is 44.4. The lowest BCUT2D eigenvalue weighted by Gasteiger charge is -2.13. The fourth-order valence-corrected chi connectivity index (χ4v) is 3.88. The Balaban J connectivity index is 1.43. The first kappa shape index (κ1) is 20.4. The number of carbonyl (C=O) groups is 3. The van der Waals surface area contributed by atoms with Crippen LogP contribution in [0, 0.1) is 0 Å². The van der Waals surface area contributed by atoms with E-state index in [1.54, 1.807) is 30.6 Å². The number of nitrogens with zero attached hydrogens (tertiary/aromatic N) is 2. The minimum atomic E-state index is -0.767. The molecule has 1 atom stereocenters. The van der Waals surface area contributed by atoms with Crippen LogP contribution in [-0.4, -0.2) is 27.8 Å². The number of pyridine rings is 2. The van der Waals surface area contributed by atoms with Gasteiger partial charge in [-0.15, -0.1) is 0 Å². The summed E-state index contributed by atoms with van der Waals surface area (Å²) in [6.07, 6.45) is 4.72. The number of carbonyl (C=O) groups excluding carboxylic acids is 3. The zero-order chi connectivity index (χ0) is 21.8. The summed E-state index contributed by atoms with van der Waals surface area (Å²) in [7, 11) is 0. The largest absolute Gasteiger partial charge is 0.489 e. The number of nitrogens with two attached hydrogens (primary N) is 1. The number of hydrogen-bond acceptors (Lipinski definition) is 7. The Labute approximate surface area is 181 Å². The van der Waals surface area contributed by atoms with Gasteiger partial charge in [0.05, 0.1) is 0 Å². The van der Waals surface area contributed by atoms with Gasteiger partial charge in [0, 0.05) is 33.9 Å². The summed E-state index contributed by atoms with van der Waals surface area (Å²) in [5, 5.41) is 4.82. The third-order valence-corrected chi connectivity index (χ3v) is 5.53. The maximum atomic E-state index is 12.0. The molecule has 4 rings (SSSR count). The van der Waals surface area contributed by atoms with Crippen molar-refractivity contribution in [3.05, 3.63) is 77.9 Å². The lowest BCUT2D eigenvalue weighted by atomic mass is 10.1. The molecule has 1 unspecified atom stereocenters. The van der Waals surface area contributed by atoms with Crippen molar-refractivity contribution in [2.45, 2.75) is 22.4 Å². The average molecular weight is 435 g/mol. The molecule has 0 radical (unpaired) electrons. The monoisotopic (exact) mass is 435 g/mol. The van der Waals surface area contributed by atoms with Gasteiger partial charge in [0.2, 0.25) is 0 Å². The smallest absolute Gasteiger partial charge is 0.322 e. The third-order valence-electron chi connectivity index (χ3n) is 4.43. The molecule has 1 aromatic carbocycles. The molecule has 3 heterocycles. The first-order valence-corrected chi connectivity index (χ1v) is 10.0. The predicted octanol–water partition coefficient (Wildman–Crippen LogP) is 2.19. The van der Waals surface area contributed by atoms with Crippen molar-refractivity contribution in [2.75, 3.05) is 0 Å². The molecule has 0 saturated carbocycles. The van der Waals surface area contributed by atoms with Crippen LogP contribution in [0.15, 0.2) is 70.8 Å². The van der Waals surface area contributed by atoms with E-state index in [1.165, 1.54) is 18.0 Å². The molecule has 1 saturated heterocycles. The van der Waals surface area contributed by atoms with Crippen LogP contribution in [0.4, 0.5) is 4.79 Å². The van der Waals surface area contributed by atoms with Gasteiger partial charge in [-0.05, 0) is 48.0 Å². The summed E-state index contributed by atoms with van der Waals surface area (Å²) in [5.74, 6) is -0.341. The molecule has 2 aromatic heterocycles. The lowest BCUT2D eigenvalue weighted by Crippen LogP contribution is -2.22. The van der Waals surface area contributed by atoms with Crippen LogP contribution >= 0.6 is 11.8 Å². The minimum Gasteiger partial charge on any atom is -0.489 e. The van der Waals surface area contributed by atoms with Crippen molar-refractivity contribution < 1.29 is 19.1 Å². The van der Waals surface area contributed by atoms with Crippen molar-refractivity contribution in [2.24, 2.45) is 5.73 Å². The van der Waals surface area contributed by atoms with Gasteiger partial charge in [0.25, 0.3) is 11.8 Å². The molecule has 31 heavy (non-hydrogen) atoms. The number of ether oxygens (including phenoxy) is 1. The molecule has 9 nitrogen and oxygen atoms in total. The Morgan fingerprint density at radius 1 is 1.13 bits per heavy atom. The van der Waals surface area contributed by atoms with Crippen molar-refractivity contribution in [1.29, 1.82) is 0 Å². The van der Waals surface area contributed by atoms with Crippen LogP contribution in [0.5, 0.6) is 5.75 Å². The zero-order valence-corrected chi connectivity index (χ0v) is 16.9. The summed E-state index contributed by atoms with van der Waals surface area (Å²) in [5.41, 5.74) is 6.83. The topological polar surface area (TPSA) is 136 Å². The molecule has 1 aliphatic rings. The molecule has 4 N–H and O–H groups in total. The van der Waals surface area contributed by atoms with E-state index in [4.69, 9.17) is 10.5 Å². The van der Waals surface area contributed by atoms with Crippen LogP contribution in [-0.2, 0) is 11.4 Å². The minimum absolute atomic E-state index is 0.188. The van der Waals surface area contributed by atoms with E-state index in [2.05, 4.69) is 20.6 Å². The van der Waals surface area contributed by atoms with E-state index < -0.39 is 23.9 Å². The quantitative estimate of drug-likeness (QED) is 0.484. The molecule has 0 spiro atoms. The highest BCUT2D eigenvalue weighted by Crippen LogP contribution is 2.34. The Hall–Kier alpha value is -3.92. The Bertz CT molecular complexity index is 1150. The number of aromatic nitrogens is 2. The molecule has 0 bridgehead atoms. The Kier molecular flexibility index (Phi) is 5.80. The van der Waals surface area contributed by atoms with Gasteiger partial charge in [-0.1, -0.05) is 11.8 Å². The third kappa shape index (κ3) is 4.81. The first-order chi connectivity index (χ1) is 15.0. The second kappa shape index (κ2) is 8.84. The summed E-state index contributed by atoms with van der Waals surface area (Å²) in [6.45, 7) is 0.264. The number of primary amides is 1. The number of hydrogen-bond donors (Lipinski definition) is 3. The highest BCUT2D eigenvalue weighted by atomic mass is 32.2. The fourth-order valence-electron chi connectivity index (χ4n) is 2.94. The SMILES string of the molecule is NC(=O)c1cc(COc2ccc(Sc3ccncc3C3NC(=O)NC3=O)cc2)ccn1. The Morgan fingerprint density at radius 2 is 1.94 bits per heavy atom. The predicted molar refractivity (Wildman–Crippen MR) is 111 cm³/mol. The molecule has 1 aliphatic heterocycles. The molecule has 1 fully saturated rings. The van der Waals surface area contributed by atoms with Crippen LogP contribution in [0.25, 0.3) is 0 Å². The van der Waals surface area contributed by atoms with Gasteiger partial charge in [-0.2, -0.15) is 0 Å². The average Bonchev–Trinajstić information content (AvgIpc) is 3.11. The maximum Gasteiger partial charge on any atom is 0.322 e. The summed E-state index contributed by atoms with van der Waals surface area (Å²) >= 11 is 1.45. The lowest BCUT2D eigenvalue weighted by molar-refractivity contribution is -0.120. The molecular weight excluding hydrogens is 418 g/mol. The fraction of sp³-hybridized carbons (Fsp3) is 0.0952. The van der Waals surface area contributed by atoms with Gasteiger partial charge >= 0.3 is 6.03 Å². The number of nitrogens with one attached hydrogen (secondary N) is 2. The van der Waals surface area contributed by atoms with Crippen LogP contribution in [0.1, 0.15) is 27.7 Å². The van der Waals surface area contributed by atoms with Gasteiger partial charge in [0.1, 0.15) is 24.1 Å². The van der Waals surface area contributed by atoms with Crippen LogP contribution < -0.4 is 21.1 Å². The van der Waals surface area contributed by atoms with Crippen molar-refractivity contribution >= 4 is 29.6 Å². The van der Waals surface area contributed by atoms with Gasteiger partial charge in [-0.3, -0.25) is 24.9 Å². The molecular formula is C21H17N5O4S. The zero-order valence-electron chi connectivity index (χ0n) is 16.1. The van der Waals surface area contributed by atoms with Crippen LogP contribution in [0.2, 0.25) is 0 Å². The molecule has 3 aromatic rings. The second-order valence-corrected chi connectivity index (χ2v) is 7.70. The number of urea groups is 1. The van der Waals surface area contributed by atoms with Crippen molar-refractivity contribution in [3.8, 4) is 5.75 Å². The van der Waals surface area contributed by atoms with Crippen LogP contribution in [0.3, 0.4) is 0 Å². The molecule has 0 aliphatic carbocycles. The number of imide groups is 1. The van der Waals surface area contributed by atoms with E-state index >= 15 is 0 Å². The summed E-state index contributed by atoms with van der Waals surface area (Å²) < 4.78 is 5.76. The number of rotatable bonds is 7. The summed E-state index contributed by atoms with van der Waals surface area (Å²) in [6, 6.07) is 11.3. The molecule has 10 heteroatoms. The highest BCUT2D eigenvalue weighted by molar-refractivity contribution is 7.99. The van der Waals surface area contributed by atoms with Gasteiger partial charge in [-0.25, -0.2) is 4.79 Å². The molecule has 4 amide bonds. The van der Waals surface area contributed by atoms with E-state index in [-0.39, 0.29) is 12.3 Å². The van der Waals surface area contributed by atoms with Gasteiger partial charge < -0.3 is 15.8 Å². The maximum absolute atomic E-state index is 12.0. The van der Waals surface area contributed by atoms with E-state index in [0.717, 1.165) is 15.4 Å². The second-order valence-electron chi connectivity index (χ2n) is 6.58. The van der Waals surface area contributed by atoms with Crippen molar-refractivity contribution in [3.63, 3.8) is 0 Å². The van der Waals surface area contributed by atoms with Gasteiger partial charge in [0.15, 0.2) is 0 Å². The Morgan fingerprint density at radius 3 is 2.65 bits per heavy atom. The first-order valence-electron chi connectivity index (χ1n) is 9.20. The standard InChI is InChI=1S/C21H17N5O4S/c22-19(27)16-9-12(5-8-24-16)11-30-13-1-3-14(4-2-13)31-17-6-7-23-10-15(17)18-20(28)26-21(29)25-18/h1-10,18H,11H2,(H2,22,27)(H2,25,26,28,29). The van der Waals surface area contributed by atoms with E-state index in [1.807, 2.05) is 24.3 Å². The number of amides is 4. The van der Waals surface area contributed by atoms with E-state index in [0.29, 0.717) is 11.3 Å².